The third kappa shape index (κ3) is 5.06. The van der Waals surface area contributed by atoms with E-state index in [1.165, 1.54) is 24.8 Å². The maximum Gasteiger partial charge on any atom is 0.0587 e. The topological polar surface area (TPSA) is 21.3 Å². The van der Waals surface area contributed by atoms with Gasteiger partial charge in [-0.2, -0.15) is 0 Å². The molecule has 1 aliphatic heterocycles. The number of hydrogen-bond donors (Lipinski definition) is 1. The molecular weight excluding hydrogens is 162 g/mol. The minimum Gasteiger partial charge on any atom is -0.378 e. The molecule has 0 spiro atoms. The third-order valence-electron chi connectivity index (χ3n) is 2.34. The zero-order valence-corrected chi connectivity index (χ0v) is 8.64. The maximum atomic E-state index is 5.62. The van der Waals surface area contributed by atoms with Crippen molar-refractivity contribution in [2.75, 3.05) is 19.7 Å². The predicted octanol–water partition coefficient (Wildman–Crippen LogP) is 2.11. The van der Waals surface area contributed by atoms with Crippen molar-refractivity contribution in [1.29, 1.82) is 0 Å². The van der Waals surface area contributed by atoms with Crippen molar-refractivity contribution in [2.24, 2.45) is 0 Å². The van der Waals surface area contributed by atoms with Gasteiger partial charge in [0.2, 0.25) is 0 Å². The molecule has 1 N–H and O–H groups in total. The first-order valence-electron chi connectivity index (χ1n) is 5.26. The Hall–Kier alpha value is -0.340. The second-order valence-corrected chi connectivity index (χ2v) is 3.91. The number of hydrogen-bond acceptors (Lipinski definition) is 2. The fourth-order valence-electron chi connectivity index (χ4n) is 1.60. The molecule has 0 saturated carbocycles. The van der Waals surface area contributed by atoms with Crippen LogP contribution in [0.3, 0.4) is 0 Å². The summed E-state index contributed by atoms with van der Waals surface area (Å²) in [6.07, 6.45) is 5.48. The number of nitrogens with one attached hydrogen (secondary N) is 1. The lowest BCUT2D eigenvalue weighted by Crippen LogP contribution is -2.26. The summed E-state index contributed by atoms with van der Waals surface area (Å²) >= 11 is 0. The van der Waals surface area contributed by atoms with Crippen LogP contribution in [-0.4, -0.2) is 25.8 Å². The van der Waals surface area contributed by atoms with E-state index in [0.29, 0.717) is 6.10 Å². The summed E-state index contributed by atoms with van der Waals surface area (Å²) in [6, 6.07) is 0. The van der Waals surface area contributed by atoms with E-state index < -0.39 is 0 Å². The molecule has 1 saturated heterocycles. The smallest absolute Gasteiger partial charge is 0.0587 e. The van der Waals surface area contributed by atoms with Gasteiger partial charge < -0.3 is 10.1 Å². The van der Waals surface area contributed by atoms with Crippen molar-refractivity contribution in [3.05, 3.63) is 12.2 Å². The second kappa shape index (κ2) is 6.17. The molecule has 1 rings (SSSR count). The summed E-state index contributed by atoms with van der Waals surface area (Å²) in [4.78, 5) is 0. The summed E-state index contributed by atoms with van der Waals surface area (Å²) in [5.41, 5.74) is 1.20. The van der Waals surface area contributed by atoms with Crippen LogP contribution in [0, 0.1) is 0 Å². The number of rotatable bonds is 5. The van der Waals surface area contributed by atoms with Gasteiger partial charge in [-0.05, 0) is 39.2 Å². The van der Waals surface area contributed by atoms with Crippen LogP contribution in [0.1, 0.15) is 32.6 Å². The zero-order chi connectivity index (χ0) is 9.52. The van der Waals surface area contributed by atoms with E-state index in [-0.39, 0.29) is 0 Å². The van der Waals surface area contributed by atoms with Crippen LogP contribution in [0.15, 0.2) is 12.2 Å². The van der Waals surface area contributed by atoms with Gasteiger partial charge in [0.1, 0.15) is 0 Å². The Balaban J connectivity index is 1.95. The van der Waals surface area contributed by atoms with Gasteiger partial charge >= 0.3 is 0 Å². The molecule has 1 fully saturated rings. The van der Waals surface area contributed by atoms with Crippen molar-refractivity contribution < 1.29 is 4.74 Å². The van der Waals surface area contributed by atoms with Crippen molar-refractivity contribution in [1.82, 2.24) is 5.32 Å². The average molecular weight is 183 g/mol. The molecule has 76 valence electrons. The second-order valence-electron chi connectivity index (χ2n) is 3.91. The predicted molar refractivity (Wildman–Crippen MR) is 55.9 cm³/mol. The van der Waals surface area contributed by atoms with Gasteiger partial charge in [-0.25, -0.2) is 0 Å². The molecular formula is C11H21NO. The van der Waals surface area contributed by atoms with Gasteiger partial charge in [-0.15, -0.1) is 0 Å². The van der Waals surface area contributed by atoms with Crippen molar-refractivity contribution in [3.63, 3.8) is 0 Å². The van der Waals surface area contributed by atoms with E-state index in [1.54, 1.807) is 0 Å². The molecule has 0 radical (unpaired) electrons. The van der Waals surface area contributed by atoms with Crippen LogP contribution in [0.5, 0.6) is 0 Å². The van der Waals surface area contributed by atoms with Crippen LogP contribution in [-0.2, 0) is 4.74 Å². The lowest BCUT2D eigenvalue weighted by atomic mass is 10.1. The highest BCUT2D eigenvalue weighted by molar-refractivity contribution is 4.90. The van der Waals surface area contributed by atoms with Gasteiger partial charge in [-0.3, -0.25) is 0 Å². The molecule has 0 aromatic carbocycles. The van der Waals surface area contributed by atoms with Gasteiger partial charge in [0, 0.05) is 13.2 Å². The van der Waals surface area contributed by atoms with E-state index >= 15 is 0 Å². The normalized spacial score (nSPS) is 23.0. The highest BCUT2D eigenvalue weighted by Crippen LogP contribution is 2.14. The maximum absolute atomic E-state index is 5.62. The molecule has 2 nitrogen and oxygen atoms in total. The fourth-order valence-corrected chi connectivity index (χ4v) is 1.60. The molecule has 1 aliphatic rings. The van der Waals surface area contributed by atoms with Crippen LogP contribution < -0.4 is 5.32 Å². The summed E-state index contributed by atoms with van der Waals surface area (Å²) < 4.78 is 5.62. The molecule has 2 heteroatoms. The Morgan fingerprint density at radius 3 is 3.00 bits per heavy atom. The van der Waals surface area contributed by atoms with E-state index in [1.807, 2.05) is 6.92 Å². The molecule has 0 amide bonds. The fraction of sp³-hybridized carbons (Fsp3) is 0.818. The molecule has 1 atom stereocenters. The minimum atomic E-state index is 0.506. The first-order valence-corrected chi connectivity index (χ1v) is 5.26. The van der Waals surface area contributed by atoms with Crippen LogP contribution >= 0.6 is 0 Å². The van der Waals surface area contributed by atoms with Crippen molar-refractivity contribution >= 4 is 0 Å². The SMILES string of the molecule is C=C(C)CNCCC1CCCCO1. The van der Waals surface area contributed by atoms with Crippen molar-refractivity contribution in [2.45, 2.75) is 38.7 Å². The summed E-state index contributed by atoms with van der Waals surface area (Å²) in [6.45, 7) is 8.85. The Kier molecular flexibility index (Phi) is 5.09. The standard InChI is InChI=1S/C11H21NO/c1-10(2)9-12-7-6-11-5-3-4-8-13-11/h11-12H,1,3-9H2,2H3. The molecule has 0 aromatic rings. The van der Waals surface area contributed by atoms with Crippen LogP contribution in [0.25, 0.3) is 0 Å². The highest BCUT2D eigenvalue weighted by atomic mass is 16.5. The largest absolute Gasteiger partial charge is 0.378 e. The van der Waals surface area contributed by atoms with Crippen molar-refractivity contribution in [3.8, 4) is 0 Å². The van der Waals surface area contributed by atoms with Gasteiger partial charge in [-0.1, -0.05) is 12.2 Å². The Bertz CT molecular complexity index is 150. The summed E-state index contributed by atoms with van der Waals surface area (Å²) in [5.74, 6) is 0. The Morgan fingerprint density at radius 2 is 2.38 bits per heavy atom. The lowest BCUT2D eigenvalue weighted by Gasteiger charge is -2.22. The average Bonchev–Trinajstić information content (AvgIpc) is 2.14. The minimum absolute atomic E-state index is 0.506. The van der Waals surface area contributed by atoms with Gasteiger partial charge in [0.05, 0.1) is 6.10 Å². The van der Waals surface area contributed by atoms with E-state index in [0.717, 1.165) is 26.1 Å². The Labute approximate surface area is 81.4 Å². The highest BCUT2D eigenvalue weighted by Gasteiger charge is 2.12. The lowest BCUT2D eigenvalue weighted by molar-refractivity contribution is 0.0117. The first kappa shape index (κ1) is 10.7. The summed E-state index contributed by atoms with van der Waals surface area (Å²) in [7, 11) is 0. The first-order chi connectivity index (χ1) is 6.29. The van der Waals surface area contributed by atoms with Gasteiger partial charge in [0.25, 0.3) is 0 Å². The van der Waals surface area contributed by atoms with Gasteiger partial charge in [0.15, 0.2) is 0 Å². The van der Waals surface area contributed by atoms with Crippen LogP contribution in [0.4, 0.5) is 0 Å². The molecule has 1 unspecified atom stereocenters. The molecule has 13 heavy (non-hydrogen) atoms. The van der Waals surface area contributed by atoms with E-state index in [2.05, 4.69) is 11.9 Å². The third-order valence-corrected chi connectivity index (χ3v) is 2.34. The summed E-state index contributed by atoms with van der Waals surface area (Å²) in [5, 5.41) is 3.35. The number of ether oxygens (including phenoxy) is 1. The monoisotopic (exact) mass is 183 g/mol. The molecule has 0 aromatic heterocycles. The molecule has 1 heterocycles. The quantitative estimate of drug-likeness (QED) is 0.520. The van der Waals surface area contributed by atoms with E-state index in [9.17, 15) is 0 Å². The van der Waals surface area contributed by atoms with Crippen LogP contribution in [0.2, 0.25) is 0 Å². The molecule has 0 aliphatic carbocycles. The molecule has 0 bridgehead atoms. The van der Waals surface area contributed by atoms with E-state index in [4.69, 9.17) is 4.74 Å². The zero-order valence-electron chi connectivity index (χ0n) is 8.64. The Morgan fingerprint density at radius 1 is 1.54 bits per heavy atom.